The molecule has 1 fully saturated rings. The van der Waals surface area contributed by atoms with Gasteiger partial charge in [-0.1, -0.05) is 6.92 Å². The zero-order valence-electron chi connectivity index (χ0n) is 13.4. The van der Waals surface area contributed by atoms with Gasteiger partial charge in [0.2, 0.25) is 5.91 Å². The summed E-state index contributed by atoms with van der Waals surface area (Å²) in [6.07, 6.45) is 4.89. The summed E-state index contributed by atoms with van der Waals surface area (Å²) in [5.74, 6) is 0.177. The molecule has 1 heterocycles. The Labute approximate surface area is 132 Å². The molecular weight excluding hydrogens is 278 g/mol. The smallest absolute Gasteiger partial charge is 0.224 e. The molecule has 120 valence electrons. The summed E-state index contributed by atoms with van der Waals surface area (Å²) < 4.78 is 0. The molecule has 2 rings (SSSR count). The first kappa shape index (κ1) is 16.3. The number of amides is 1. The van der Waals surface area contributed by atoms with Crippen LogP contribution in [0.2, 0.25) is 0 Å². The molecule has 1 saturated heterocycles. The molecule has 0 aliphatic carbocycles. The fraction of sp³-hybridized carbons (Fsp3) is 0.529. The van der Waals surface area contributed by atoms with Gasteiger partial charge in [-0.3, -0.25) is 9.80 Å². The highest BCUT2D eigenvalue weighted by Crippen LogP contribution is 2.23. The minimum atomic E-state index is -0.00948. The van der Waals surface area contributed by atoms with Crippen LogP contribution in [0.25, 0.3) is 0 Å². The van der Waals surface area contributed by atoms with Crippen molar-refractivity contribution in [2.45, 2.75) is 46.0 Å². The van der Waals surface area contributed by atoms with E-state index in [1.54, 1.807) is 18.2 Å². The number of nitrogens with zero attached hydrogens (tertiary/aromatic N) is 2. The molecule has 5 nitrogen and oxygen atoms in total. The van der Waals surface area contributed by atoms with Crippen LogP contribution >= 0.6 is 0 Å². The van der Waals surface area contributed by atoms with E-state index < -0.39 is 0 Å². The zero-order valence-corrected chi connectivity index (χ0v) is 13.4. The third kappa shape index (κ3) is 4.48. The summed E-state index contributed by atoms with van der Waals surface area (Å²) in [6, 6.07) is 5.10. The Balaban J connectivity index is 2.14. The average molecular weight is 303 g/mol. The Morgan fingerprint density at radius 3 is 2.73 bits per heavy atom. The highest BCUT2D eigenvalue weighted by molar-refractivity contribution is 6.02. The maximum absolute atomic E-state index is 11.7. The van der Waals surface area contributed by atoms with E-state index in [1.165, 1.54) is 6.42 Å². The molecule has 1 amide bonds. The number of phenolic OH excluding ortho intramolecular Hbond substituents is 1. The van der Waals surface area contributed by atoms with Crippen molar-refractivity contribution in [3.8, 4) is 5.75 Å². The summed E-state index contributed by atoms with van der Waals surface area (Å²) in [4.78, 5) is 11.7. The van der Waals surface area contributed by atoms with E-state index in [-0.39, 0.29) is 11.7 Å². The van der Waals surface area contributed by atoms with Gasteiger partial charge in [0, 0.05) is 30.8 Å². The molecule has 2 N–H and O–H groups in total. The summed E-state index contributed by atoms with van der Waals surface area (Å²) >= 11 is 0. The number of carbonyl (C=O) groups is 1. The van der Waals surface area contributed by atoms with Crippen molar-refractivity contribution in [3.63, 3.8) is 0 Å². The van der Waals surface area contributed by atoms with E-state index in [0.29, 0.717) is 17.7 Å². The molecule has 1 aromatic carbocycles. The van der Waals surface area contributed by atoms with Gasteiger partial charge in [0.25, 0.3) is 0 Å². The van der Waals surface area contributed by atoms with E-state index in [1.807, 2.05) is 13.8 Å². The molecule has 0 unspecified atom stereocenters. The fourth-order valence-corrected chi connectivity index (χ4v) is 2.60. The Hall–Kier alpha value is -2.04. The van der Waals surface area contributed by atoms with Gasteiger partial charge in [0.05, 0.1) is 5.71 Å². The van der Waals surface area contributed by atoms with Crippen molar-refractivity contribution in [1.82, 2.24) is 5.01 Å². The normalized spacial score (nSPS) is 15.7. The quantitative estimate of drug-likeness (QED) is 0.647. The molecule has 1 aliphatic heterocycles. The monoisotopic (exact) mass is 303 g/mol. The van der Waals surface area contributed by atoms with Crippen molar-refractivity contribution in [3.05, 3.63) is 23.8 Å². The van der Waals surface area contributed by atoms with Gasteiger partial charge >= 0.3 is 0 Å². The second-order valence-electron chi connectivity index (χ2n) is 5.73. The molecule has 0 radical (unpaired) electrons. The molecule has 0 saturated carbocycles. The average Bonchev–Trinajstić information content (AvgIpc) is 2.50. The molecular formula is C17H25N3O2. The Morgan fingerprint density at radius 1 is 1.32 bits per heavy atom. The fourth-order valence-electron chi connectivity index (χ4n) is 2.60. The summed E-state index contributed by atoms with van der Waals surface area (Å²) in [5, 5.41) is 19.6. The van der Waals surface area contributed by atoms with E-state index in [4.69, 9.17) is 0 Å². The van der Waals surface area contributed by atoms with Crippen LogP contribution in [0.3, 0.4) is 0 Å². The highest BCUT2D eigenvalue weighted by Gasteiger charge is 2.12. The molecule has 22 heavy (non-hydrogen) atoms. The Bertz CT molecular complexity index is 549. The molecule has 0 aromatic heterocycles. The maximum atomic E-state index is 11.7. The first-order valence-electron chi connectivity index (χ1n) is 8.03. The number of hydrazone groups is 1. The number of nitrogens with one attached hydrogen (secondary N) is 1. The second-order valence-corrected chi connectivity index (χ2v) is 5.73. The number of piperidine rings is 1. The van der Waals surface area contributed by atoms with Crippen LogP contribution in [0.4, 0.5) is 5.69 Å². The van der Waals surface area contributed by atoms with Crippen molar-refractivity contribution in [2.75, 3.05) is 18.4 Å². The van der Waals surface area contributed by atoms with Gasteiger partial charge in [-0.25, -0.2) is 0 Å². The topological polar surface area (TPSA) is 64.9 Å². The Kier molecular flexibility index (Phi) is 5.81. The van der Waals surface area contributed by atoms with Crippen molar-refractivity contribution in [2.24, 2.45) is 5.10 Å². The van der Waals surface area contributed by atoms with Gasteiger partial charge in [0.1, 0.15) is 5.75 Å². The van der Waals surface area contributed by atoms with E-state index >= 15 is 0 Å². The number of phenols is 1. The number of carbonyl (C=O) groups excluding carboxylic acids is 1. The predicted molar refractivity (Wildman–Crippen MR) is 89.3 cm³/mol. The van der Waals surface area contributed by atoms with Crippen molar-refractivity contribution in [1.29, 1.82) is 0 Å². The first-order chi connectivity index (χ1) is 10.6. The van der Waals surface area contributed by atoms with Gasteiger partial charge in [-0.15, -0.1) is 0 Å². The summed E-state index contributed by atoms with van der Waals surface area (Å²) in [7, 11) is 0. The third-order valence-corrected chi connectivity index (χ3v) is 3.77. The van der Waals surface area contributed by atoms with Crippen LogP contribution in [-0.4, -0.2) is 34.8 Å². The summed E-state index contributed by atoms with van der Waals surface area (Å²) in [6.45, 7) is 5.79. The van der Waals surface area contributed by atoms with Gasteiger partial charge in [-0.2, -0.15) is 5.10 Å². The lowest BCUT2D eigenvalue weighted by atomic mass is 10.1. The lowest BCUT2D eigenvalue weighted by Gasteiger charge is -2.24. The molecule has 1 aliphatic rings. The minimum Gasteiger partial charge on any atom is -0.507 e. The van der Waals surface area contributed by atoms with Gasteiger partial charge in [-0.05, 0) is 50.8 Å². The van der Waals surface area contributed by atoms with Crippen LogP contribution < -0.4 is 5.32 Å². The number of hydrogen-bond acceptors (Lipinski definition) is 4. The Morgan fingerprint density at radius 2 is 2.05 bits per heavy atom. The van der Waals surface area contributed by atoms with Crippen LogP contribution in [0.1, 0.15) is 51.5 Å². The standard InChI is InChI=1S/C17H25N3O2/c1-3-7-17(22)18-14-8-9-16(21)15(12-14)13(2)19-20-10-5-4-6-11-20/h8-9,12,21H,3-7,10-11H2,1-2H3,(H,18,22)/b19-13+. The third-order valence-electron chi connectivity index (χ3n) is 3.77. The van der Waals surface area contributed by atoms with E-state index in [9.17, 15) is 9.90 Å². The molecule has 0 bridgehead atoms. The van der Waals surface area contributed by atoms with Crippen molar-refractivity contribution >= 4 is 17.3 Å². The van der Waals surface area contributed by atoms with Crippen LogP contribution in [0.5, 0.6) is 5.75 Å². The van der Waals surface area contributed by atoms with Crippen LogP contribution in [0, 0.1) is 0 Å². The number of hydrogen-bond donors (Lipinski definition) is 2. The van der Waals surface area contributed by atoms with Crippen LogP contribution in [0.15, 0.2) is 23.3 Å². The maximum Gasteiger partial charge on any atom is 0.224 e. The molecule has 0 atom stereocenters. The van der Waals surface area contributed by atoms with E-state index in [0.717, 1.165) is 38.1 Å². The SMILES string of the molecule is CCCC(=O)Nc1ccc(O)c(/C(C)=N/N2CCCCC2)c1. The molecule has 0 spiro atoms. The predicted octanol–water partition coefficient (Wildman–Crippen LogP) is 3.34. The van der Waals surface area contributed by atoms with Gasteiger partial charge < -0.3 is 10.4 Å². The van der Waals surface area contributed by atoms with Crippen LogP contribution in [-0.2, 0) is 4.79 Å². The lowest BCUT2D eigenvalue weighted by molar-refractivity contribution is -0.116. The van der Waals surface area contributed by atoms with Gasteiger partial charge in [0.15, 0.2) is 0 Å². The minimum absolute atomic E-state index is 0.00948. The van der Waals surface area contributed by atoms with E-state index in [2.05, 4.69) is 15.4 Å². The number of anilines is 1. The second kappa shape index (κ2) is 7.82. The molecule has 1 aromatic rings. The number of aromatic hydroxyl groups is 1. The number of rotatable bonds is 5. The highest BCUT2D eigenvalue weighted by atomic mass is 16.3. The largest absolute Gasteiger partial charge is 0.507 e. The number of benzene rings is 1. The molecule has 5 heteroatoms. The zero-order chi connectivity index (χ0) is 15.9. The van der Waals surface area contributed by atoms with Crippen molar-refractivity contribution < 1.29 is 9.90 Å². The lowest BCUT2D eigenvalue weighted by Crippen LogP contribution is -2.25. The first-order valence-corrected chi connectivity index (χ1v) is 8.03. The summed E-state index contributed by atoms with van der Waals surface area (Å²) in [5.41, 5.74) is 2.13.